The fraction of sp³-hybridized carbons (Fsp3) is 0.182. The topological polar surface area (TPSA) is 52.0 Å². The van der Waals surface area contributed by atoms with Gasteiger partial charge < -0.3 is 10.3 Å². The van der Waals surface area contributed by atoms with Crippen molar-refractivity contribution in [2.75, 3.05) is 0 Å². The number of hydrogen-bond donors (Lipinski definition) is 1. The van der Waals surface area contributed by atoms with Gasteiger partial charge in [-0.25, -0.2) is 0 Å². The Morgan fingerprint density at radius 2 is 2.20 bits per heavy atom. The molecule has 2 rings (SSSR count). The zero-order chi connectivity index (χ0) is 10.8. The number of nitrogens with two attached hydrogens (primary N) is 1. The number of benzene rings is 1. The number of aromatic nitrogens is 1. The monoisotopic (exact) mass is 266 g/mol. The van der Waals surface area contributed by atoms with E-state index in [1.54, 1.807) is 0 Å². The van der Waals surface area contributed by atoms with Crippen molar-refractivity contribution in [1.82, 2.24) is 5.16 Å². The summed E-state index contributed by atoms with van der Waals surface area (Å²) in [6.07, 6.45) is 0. The molecule has 4 heteroatoms. The van der Waals surface area contributed by atoms with Crippen LogP contribution in [0.5, 0.6) is 0 Å². The maximum atomic E-state index is 5.45. The minimum absolute atomic E-state index is 0.375. The molecule has 15 heavy (non-hydrogen) atoms. The predicted molar refractivity (Wildman–Crippen MR) is 62.3 cm³/mol. The zero-order valence-corrected chi connectivity index (χ0v) is 9.91. The predicted octanol–water partition coefficient (Wildman–Crippen LogP) is 2.87. The molecular weight excluding hydrogens is 256 g/mol. The lowest BCUT2D eigenvalue weighted by molar-refractivity contribution is 0.387. The molecule has 0 aliphatic rings. The molecule has 0 radical (unpaired) electrons. The maximum absolute atomic E-state index is 5.45. The van der Waals surface area contributed by atoms with Gasteiger partial charge in [-0.3, -0.25) is 0 Å². The van der Waals surface area contributed by atoms with Crippen LogP contribution in [0.4, 0.5) is 0 Å². The van der Waals surface area contributed by atoms with Gasteiger partial charge in [0.2, 0.25) is 0 Å². The van der Waals surface area contributed by atoms with Crippen molar-refractivity contribution in [1.29, 1.82) is 0 Å². The first-order chi connectivity index (χ1) is 7.20. The molecule has 78 valence electrons. The molecule has 0 atom stereocenters. The molecule has 0 bridgehead atoms. The summed E-state index contributed by atoms with van der Waals surface area (Å²) >= 11 is 3.48. The van der Waals surface area contributed by atoms with Gasteiger partial charge in [0.25, 0.3) is 0 Å². The summed E-state index contributed by atoms with van der Waals surface area (Å²) in [4.78, 5) is 0. The summed E-state index contributed by atoms with van der Waals surface area (Å²) < 4.78 is 6.11. The molecule has 0 saturated carbocycles. The number of halogens is 1. The summed E-state index contributed by atoms with van der Waals surface area (Å²) in [6.45, 7) is 2.42. The van der Waals surface area contributed by atoms with Gasteiger partial charge in [0.1, 0.15) is 5.69 Å². The van der Waals surface area contributed by atoms with E-state index in [1.165, 1.54) is 5.56 Å². The van der Waals surface area contributed by atoms with E-state index in [9.17, 15) is 0 Å². The van der Waals surface area contributed by atoms with Crippen molar-refractivity contribution < 1.29 is 4.52 Å². The highest BCUT2D eigenvalue weighted by Crippen LogP contribution is 2.25. The molecule has 0 aliphatic heterocycles. The average molecular weight is 267 g/mol. The van der Waals surface area contributed by atoms with Gasteiger partial charge in [0.05, 0.1) is 6.54 Å². The minimum atomic E-state index is 0.375. The van der Waals surface area contributed by atoms with Crippen LogP contribution in [0.2, 0.25) is 0 Å². The van der Waals surface area contributed by atoms with Gasteiger partial charge in [0, 0.05) is 16.1 Å². The lowest BCUT2D eigenvalue weighted by atomic mass is 10.1. The van der Waals surface area contributed by atoms with Gasteiger partial charge in [-0.15, -0.1) is 0 Å². The van der Waals surface area contributed by atoms with Crippen LogP contribution in [0.3, 0.4) is 0 Å². The normalized spacial score (nSPS) is 10.6. The van der Waals surface area contributed by atoms with Crippen molar-refractivity contribution in [2.24, 2.45) is 5.73 Å². The summed E-state index contributed by atoms with van der Waals surface area (Å²) in [5, 5.41) is 3.95. The van der Waals surface area contributed by atoms with Gasteiger partial charge >= 0.3 is 0 Å². The van der Waals surface area contributed by atoms with Crippen molar-refractivity contribution in [3.05, 3.63) is 40.1 Å². The van der Waals surface area contributed by atoms with Crippen molar-refractivity contribution >= 4 is 15.9 Å². The smallest absolute Gasteiger partial charge is 0.150 e. The Morgan fingerprint density at radius 3 is 2.80 bits per heavy atom. The van der Waals surface area contributed by atoms with Gasteiger partial charge in [-0.1, -0.05) is 33.2 Å². The highest BCUT2D eigenvalue weighted by Gasteiger charge is 2.06. The third-order valence-electron chi connectivity index (χ3n) is 2.23. The quantitative estimate of drug-likeness (QED) is 0.910. The largest absolute Gasteiger partial charge is 0.359 e. The summed E-state index contributed by atoms with van der Waals surface area (Å²) in [6, 6.07) is 7.93. The van der Waals surface area contributed by atoms with E-state index in [2.05, 4.69) is 21.1 Å². The molecule has 0 unspecified atom stereocenters. The van der Waals surface area contributed by atoms with Crippen LogP contribution in [0.1, 0.15) is 11.3 Å². The summed E-state index contributed by atoms with van der Waals surface area (Å²) in [5.41, 5.74) is 8.49. The lowest BCUT2D eigenvalue weighted by Gasteiger charge is -1.99. The Bertz CT molecular complexity index is 479. The van der Waals surface area contributed by atoms with Gasteiger partial charge in [0.15, 0.2) is 5.76 Å². The molecule has 0 spiro atoms. The Balaban J connectivity index is 2.40. The molecule has 2 N–H and O–H groups in total. The molecule has 1 aromatic carbocycles. The molecular formula is C11H11BrN2O. The van der Waals surface area contributed by atoms with Crippen LogP contribution in [0.15, 0.2) is 33.3 Å². The Labute approximate surface area is 96.4 Å². The fourth-order valence-electron chi connectivity index (χ4n) is 1.30. The van der Waals surface area contributed by atoms with Crippen LogP contribution in [-0.4, -0.2) is 5.16 Å². The number of nitrogens with zero attached hydrogens (tertiary/aromatic N) is 1. The van der Waals surface area contributed by atoms with Crippen LogP contribution in [0, 0.1) is 6.92 Å². The van der Waals surface area contributed by atoms with E-state index >= 15 is 0 Å². The third-order valence-corrected chi connectivity index (χ3v) is 3.08. The van der Waals surface area contributed by atoms with Crippen LogP contribution in [0.25, 0.3) is 11.3 Å². The van der Waals surface area contributed by atoms with E-state index in [1.807, 2.05) is 31.2 Å². The van der Waals surface area contributed by atoms with Crippen molar-refractivity contribution in [3.8, 4) is 11.3 Å². The second-order valence-corrected chi connectivity index (χ2v) is 4.20. The molecule has 0 amide bonds. The maximum Gasteiger partial charge on any atom is 0.150 e. The molecule has 0 fully saturated rings. The van der Waals surface area contributed by atoms with E-state index in [-0.39, 0.29) is 0 Å². The first kappa shape index (κ1) is 10.4. The molecule has 0 aliphatic carbocycles. The van der Waals surface area contributed by atoms with E-state index in [0.717, 1.165) is 15.7 Å². The average Bonchev–Trinajstić information content (AvgIpc) is 2.70. The van der Waals surface area contributed by atoms with Crippen LogP contribution in [-0.2, 0) is 6.54 Å². The molecule has 1 aromatic heterocycles. The van der Waals surface area contributed by atoms with E-state index in [4.69, 9.17) is 10.3 Å². The molecule has 3 nitrogen and oxygen atoms in total. The number of aryl methyl sites for hydroxylation is 1. The summed E-state index contributed by atoms with van der Waals surface area (Å²) in [5.74, 6) is 0.696. The zero-order valence-electron chi connectivity index (χ0n) is 8.33. The second-order valence-electron chi connectivity index (χ2n) is 3.35. The van der Waals surface area contributed by atoms with Crippen molar-refractivity contribution in [3.63, 3.8) is 0 Å². The van der Waals surface area contributed by atoms with Gasteiger partial charge in [-0.05, 0) is 18.6 Å². The first-order valence-corrected chi connectivity index (χ1v) is 5.42. The highest BCUT2D eigenvalue weighted by atomic mass is 79.9. The minimum Gasteiger partial charge on any atom is -0.359 e. The van der Waals surface area contributed by atoms with Gasteiger partial charge in [-0.2, -0.15) is 0 Å². The fourth-order valence-corrected chi connectivity index (χ4v) is 1.68. The SMILES string of the molecule is Cc1ccc(-c2cc(CN)on2)cc1Br. The Hall–Kier alpha value is -1.13. The highest BCUT2D eigenvalue weighted by molar-refractivity contribution is 9.10. The standard InChI is InChI=1S/C11H11BrN2O/c1-7-2-3-8(4-10(7)12)11-5-9(6-13)15-14-11/h2-5H,6,13H2,1H3. The van der Waals surface area contributed by atoms with Crippen molar-refractivity contribution in [2.45, 2.75) is 13.5 Å². The molecule has 2 aromatic rings. The summed E-state index contributed by atoms with van der Waals surface area (Å²) in [7, 11) is 0. The van der Waals surface area contributed by atoms with Crippen LogP contribution < -0.4 is 5.73 Å². The first-order valence-electron chi connectivity index (χ1n) is 4.63. The van der Waals surface area contributed by atoms with Crippen LogP contribution >= 0.6 is 15.9 Å². The number of rotatable bonds is 2. The second kappa shape index (κ2) is 4.16. The Morgan fingerprint density at radius 1 is 1.40 bits per heavy atom. The molecule has 1 heterocycles. The Kier molecular flexibility index (Phi) is 2.88. The molecule has 0 saturated heterocycles. The lowest BCUT2D eigenvalue weighted by Crippen LogP contribution is -1.92. The van der Waals surface area contributed by atoms with E-state index in [0.29, 0.717) is 12.3 Å². The number of hydrogen-bond acceptors (Lipinski definition) is 3. The van der Waals surface area contributed by atoms with E-state index < -0.39 is 0 Å². The third kappa shape index (κ3) is 2.11.